The zero-order chi connectivity index (χ0) is 18.4. The summed E-state index contributed by atoms with van der Waals surface area (Å²) in [7, 11) is 0. The summed E-state index contributed by atoms with van der Waals surface area (Å²) in [5.74, 6) is 1.26. The fourth-order valence-corrected chi connectivity index (χ4v) is 4.83. The van der Waals surface area contributed by atoms with E-state index in [9.17, 15) is 0 Å². The van der Waals surface area contributed by atoms with Crippen molar-refractivity contribution in [3.05, 3.63) is 65.9 Å². The molecule has 3 aromatic rings. The molecule has 2 atom stereocenters. The van der Waals surface area contributed by atoms with Crippen molar-refractivity contribution in [3.8, 4) is 11.3 Å². The number of rotatable bonds is 4. The lowest BCUT2D eigenvalue weighted by atomic mass is 9.93. The molecule has 138 valence electrons. The van der Waals surface area contributed by atoms with Crippen LogP contribution in [-0.2, 0) is 13.0 Å². The molecule has 5 rings (SSSR count). The molecule has 1 aliphatic heterocycles. The number of aromatic nitrogens is 4. The maximum absolute atomic E-state index is 5.03. The Labute approximate surface area is 160 Å². The van der Waals surface area contributed by atoms with Gasteiger partial charge in [0, 0.05) is 67.5 Å². The van der Waals surface area contributed by atoms with Crippen LogP contribution in [0, 0.1) is 5.92 Å². The molecule has 0 spiro atoms. The lowest BCUT2D eigenvalue weighted by Gasteiger charge is -2.17. The second-order valence-corrected chi connectivity index (χ2v) is 8.11. The van der Waals surface area contributed by atoms with Gasteiger partial charge in [-0.05, 0) is 49.9 Å². The molecule has 0 aromatic carbocycles. The Morgan fingerprint density at radius 1 is 1.07 bits per heavy atom. The molecule has 1 saturated heterocycles. The van der Waals surface area contributed by atoms with Crippen LogP contribution in [0.15, 0.2) is 49.1 Å². The quantitative estimate of drug-likeness (QED) is 0.713. The molecule has 5 heteroatoms. The highest BCUT2D eigenvalue weighted by Gasteiger charge is 2.44. The smallest absolute Gasteiger partial charge is 0.0724 e. The van der Waals surface area contributed by atoms with Crippen molar-refractivity contribution in [1.82, 2.24) is 24.6 Å². The number of hydrogen-bond acceptors (Lipinski definition) is 4. The van der Waals surface area contributed by atoms with Crippen molar-refractivity contribution in [2.75, 3.05) is 13.1 Å². The van der Waals surface area contributed by atoms with Crippen LogP contribution in [0.25, 0.3) is 11.3 Å². The van der Waals surface area contributed by atoms with E-state index in [1.54, 1.807) is 0 Å². The largest absolute Gasteiger partial charge is 0.298 e. The maximum Gasteiger partial charge on any atom is 0.0724 e. The molecule has 0 amide bonds. The highest BCUT2D eigenvalue weighted by Crippen LogP contribution is 2.47. The number of likely N-dealkylation sites (tertiary alicyclic amines) is 1. The normalized spacial score (nSPS) is 21.6. The van der Waals surface area contributed by atoms with Gasteiger partial charge < -0.3 is 0 Å². The highest BCUT2D eigenvalue weighted by atomic mass is 15.3. The van der Waals surface area contributed by atoms with Crippen LogP contribution in [0.1, 0.15) is 42.6 Å². The van der Waals surface area contributed by atoms with E-state index in [0.717, 1.165) is 26.1 Å². The predicted octanol–water partition coefficient (Wildman–Crippen LogP) is 3.69. The van der Waals surface area contributed by atoms with Crippen LogP contribution in [-0.4, -0.2) is 37.7 Å². The molecule has 5 nitrogen and oxygen atoms in total. The molecule has 3 aromatic heterocycles. The molecule has 0 radical (unpaired) electrons. The van der Waals surface area contributed by atoms with Gasteiger partial charge in [-0.3, -0.25) is 19.5 Å². The predicted molar refractivity (Wildman–Crippen MR) is 105 cm³/mol. The van der Waals surface area contributed by atoms with Crippen LogP contribution >= 0.6 is 0 Å². The number of hydrogen-bond donors (Lipinski definition) is 0. The van der Waals surface area contributed by atoms with Crippen molar-refractivity contribution in [1.29, 1.82) is 0 Å². The fourth-order valence-electron chi connectivity index (χ4n) is 4.83. The molecule has 1 aliphatic carbocycles. The van der Waals surface area contributed by atoms with E-state index in [0.29, 0.717) is 17.9 Å². The monoisotopic (exact) mass is 359 g/mol. The topological polar surface area (TPSA) is 46.8 Å². The molecule has 1 fully saturated rings. The van der Waals surface area contributed by atoms with E-state index in [2.05, 4.69) is 51.6 Å². The van der Waals surface area contributed by atoms with Gasteiger partial charge in [0.25, 0.3) is 0 Å². The van der Waals surface area contributed by atoms with Crippen LogP contribution < -0.4 is 0 Å². The van der Waals surface area contributed by atoms with E-state index in [1.165, 1.54) is 28.1 Å². The van der Waals surface area contributed by atoms with Crippen LogP contribution in [0.4, 0.5) is 0 Å². The SMILES string of the molecule is CC(C)n1nc2c(c1-c1ccncc1)[C@H]1CN(Cc3cccnc3)C[C@H]1C2. The van der Waals surface area contributed by atoms with Gasteiger partial charge in [-0.15, -0.1) is 0 Å². The summed E-state index contributed by atoms with van der Waals surface area (Å²) >= 11 is 0. The lowest BCUT2D eigenvalue weighted by Crippen LogP contribution is -2.21. The van der Waals surface area contributed by atoms with Gasteiger partial charge in [-0.25, -0.2) is 0 Å². The number of pyridine rings is 2. The molecule has 2 aliphatic rings. The second-order valence-electron chi connectivity index (χ2n) is 8.11. The first kappa shape index (κ1) is 16.6. The third kappa shape index (κ3) is 2.86. The summed E-state index contributed by atoms with van der Waals surface area (Å²) < 4.78 is 2.22. The summed E-state index contributed by atoms with van der Waals surface area (Å²) in [6.45, 7) is 7.67. The van der Waals surface area contributed by atoms with Gasteiger partial charge in [0.2, 0.25) is 0 Å². The third-order valence-electron chi connectivity index (χ3n) is 5.94. The molecule has 0 unspecified atom stereocenters. The maximum atomic E-state index is 5.03. The molecule has 0 saturated carbocycles. The van der Waals surface area contributed by atoms with Gasteiger partial charge in [-0.2, -0.15) is 5.10 Å². The van der Waals surface area contributed by atoms with Crippen molar-refractivity contribution in [3.63, 3.8) is 0 Å². The number of nitrogens with zero attached hydrogens (tertiary/aromatic N) is 5. The number of fused-ring (bicyclic) bond motifs is 3. The van der Waals surface area contributed by atoms with Crippen molar-refractivity contribution in [2.24, 2.45) is 5.92 Å². The molecular weight excluding hydrogens is 334 g/mol. The Bertz CT molecular complexity index is 932. The minimum Gasteiger partial charge on any atom is -0.298 e. The summed E-state index contributed by atoms with van der Waals surface area (Å²) in [5, 5.41) is 5.03. The van der Waals surface area contributed by atoms with Gasteiger partial charge in [0.15, 0.2) is 0 Å². The Hall–Kier alpha value is -2.53. The summed E-state index contributed by atoms with van der Waals surface area (Å²) in [6.07, 6.45) is 8.69. The zero-order valence-corrected chi connectivity index (χ0v) is 15.9. The van der Waals surface area contributed by atoms with Crippen LogP contribution in [0.5, 0.6) is 0 Å². The van der Waals surface area contributed by atoms with E-state index >= 15 is 0 Å². The Morgan fingerprint density at radius 3 is 2.67 bits per heavy atom. The second kappa shape index (κ2) is 6.57. The van der Waals surface area contributed by atoms with Gasteiger partial charge in [-0.1, -0.05) is 6.07 Å². The van der Waals surface area contributed by atoms with E-state index in [4.69, 9.17) is 5.10 Å². The molecule has 27 heavy (non-hydrogen) atoms. The van der Waals surface area contributed by atoms with E-state index < -0.39 is 0 Å². The Morgan fingerprint density at radius 2 is 1.93 bits per heavy atom. The summed E-state index contributed by atoms with van der Waals surface area (Å²) in [5.41, 5.74) is 6.63. The molecule has 4 heterocycles. The van der Waals surface area contributed by atoms with Crippen LogP contribution in [0.3, 0.4) is 0 Å². The standard InChI is InChI=1S/C22H25N5/c1-15(2)27-22(17-5-8-23-9-6-17)21-19-14-26(12-16-4-3-7-24-11-16)13-18(19)10-20(21)25-27/h3-9,11,15,18-19H,10,12-14H2,1-2H3/t18-,19+/m1/s1. The fraction of sp³-hybridized carbons (Fsp3) is 0.409. The summed E-state index contributed by atoms with van der Waals surface area (Å²) in [6, 6.07) is 8.78. The minimum atomic E-state index is 0.352. The molecule has 0 bridgehead atoms. The first-order valence-corrected chi connectivity index (χ1v) is 9.83. The van der Waals surface area contributed by atoms with Crippen molar-refractivity contribution in [2.45, 2.75) is 38.8 Å². The average molecular weight is 359 g/mol. The van der Waals surface area contributed by atoms with Gasteiger partial charge >= 0.3 is 0 Å². The van der Waals surface area contributed by atoms with E-state index in [-0.39, 0.29) is 0 Å². The Balaban J connectivity index is 1.48. The third-order valence-corrected chi connectivity index (χ3v) is 5.94. The van der Waals surface area contributed by atoms with Gasteiger partial charge in [0.05, 0.1) is 11.4 Å². The zero-order valence-electron chi connectivity index (χ0n) is 15.9. The van der Waals surface area contributed by atoms with Crippen LogP contribution in [0.2, 0.25) is 0 Å². The van der Waals surface area contributed by atoms with Gasteiger partial charge in [0.1, 0.15) is 0 Å². The minimum absolute atomic E-state index is 0.352. The average Bonchev–Trinajstić information content (AvgIpc) is 3.32. The first-order chi connectivity index (χ1) is 13.2. The lowest BCUT2D eigenvalue weighted by molar-refractivity contribution is 0.313. The first-order valence-electron chi connectivity index (χ1n) is 9.83. The molecule has 0 N–H and O–H groups in total. The van der Waals surface area contributed by atoms with E-state index in [1.807, 2.05) is 30.9 Å². The summed E-state index contributed by atoms with van der Waals surface area (Å²) in [4.78, 5) is 11.1. The highest BCUT2D eigenvalue weighted by molar-refractivity contribution is 5.67. The Kier molecular flexibility index (Phi) is 4.05. The van der Waals surface area contributed by atoms with Crippen molar-refractivity contribution < 1.29 is 0 Å². The van der Waals surface area contributed by atoms with Crippen molar-refractivity contribution >= 4 is 0 Å². The molecular formula is C22H25N5.